The summed E-state index contributed by atoms with van der Waals surface area (Å²) >= 11 is 0. The van der Waals surface area contributed by atoms with E-state index in [0.29, 0.717) is 11.3 Å². The van der Waals surface area contributed by atoms with Gasteiger partial charge in [0.05, 0.1) is 33.1 Å². The highest BCUT2D eigenvalue weighted by atomic mass is 16.1. The summed E-state index contributed by atoms with van der Waals surface area (Å²) in [5, 5.41) is 10.3. The average Bonchev–Trinajstić information content (AvgIpc) is 3.64. The maximum Gasteiger partial charge on any atom is 0.263 e. The Labute approximate surface area is 332 Å². The summed E-state index contributed by atoms with van der Waals surface area (Å²) in [6.45, 7) is 0. The minimum atomic E-state index is -0.0742. The number of hydrogen-bond donors (Lipinski definition) is 0. The lowest BCUT2D eigenvalue weighted by molar-refractivity contribution is 1.02. The molecule has 0 amide bonds. The monoisotopic (exact) mass is 740 g/mol. The molecular weight excluding hydrogens is 709 g/mol. The second-order valence-corrected chi connectivity index (χ2v) is 14.9. The van der Waals surface area contributed by atoms with Gasteiger partial charge in [0, 0.05) is 38.2 Å². The SMILES string of the molecule is O=c1c2ccc3c4c5ccccc5ccc4n(-c4nc(-c5ccc(-c6cccc7ccccc67)cc5)c5ccccc5n4)c3c2c2ccccc2n1-c1ccccc1. The van der Waals surface area contributed by atoms with E-state index in [4.69, 9.17) is 9.97 Å². The smallest absolute Gasteiger partial charge is 0.263 e. The van der Waals surface area contributed by atoms with E-state index in [0.717, 1.165) is 82.3 Å². The minimum absolute atomic E-state index is 0.0742. The number of hydrogen-bond acceptors (Lipinski definition) is 3. The van der Waals surface area contributed by atoms with Gasteiger partial charge in [-0.15, -0.1) is 0 Å². The van der Waals surface area contributed by atoms with Crippen LogP contribution in [0.5, 0.6) is 0 Å². The predicted octanol–water partition coefficient (Wildman–Crippen LogP) is 12.8. The van der Waals surface area contributed by atoms with Crippen LogP contribution >= 0.6 is 0 Å². The lowest BCUT2D eigenvalue weighted by Crippen LogP contribution is -2.19. The van der Waals surface area contributed by atoms with E-state index in [-0.39, 0.29) is 5.56 Å². The predicted molar refractivity (Wildman–Crippen MR) is 240 cm³/mol. The van der Waals surface area contributed by atoms with E-state index in [1.807, 2.05) is 65.2 Å². The van der Waals surface area contributed by atoms with Gasteiger partial charge in [0.2, 0.25) is 5.95 Å². The van der Waals surface area contributed by atoms with E-state index in [1.54, 1.807) is 0 Å². The first-order valence-electron chi connectivity index (χ1n) is 19.5. The molecule has 5 nitrogen and oxygen atoms in total. The van der Waals surface area contributed by atoms with Gasteiger partial charge in [0.15, 0.2) is 0 Å². The molecule has 12 rings (SSSR count). The van der Waals surface area contributed by atoms with Crippen molar-refractivity contribution < 1.29 is 0 Å². The highest BCUT2D eigenvalue weighted by Crippen LogP contribution is 2.42. The molecule has 0 aliphatic carbocycles. The average molecular weight is 741 g/mol. The second kappa shape index (κ2) is 12.6. The molecule has 0 atom stereocenters. The highest BCUT2D eigenvalue weighted by molar-refractivity contribution is 6.29. The minimum Gasteiger partial charge on any atom is -0.277 e. The Kier molecular flexibility index (Phi) is 7.01. The first-order chi connectivity index (χ1) is 28.7. The molecular formula is C53H32N4O. The third-order valence-corrected chi connectivity index (χ3v) is 11.7. The van der Waals surface area contributed by atoms with Crippen molar-refractivity contribution in [2.45, 2.75) is 0 Å². The third-order valence-electron chi connectivity index (χ3n) is 11.7. The zero-order chi connectivity index (χ0) is 38.3. The number of fused-ring (bicyclic) bond motifs is 11. The molecule has 5 heteroatoms. The van der Waals surface area contributed by atoms with Gasteiger partial charge in [-0.25, -0.2) is 9.97 Å². The van der Waals surface area contributed by atoms with Crippen molar-refractivity contribution in [3.05, 3.63) is 204 Å². The molecule has 0 saturated carbocycles. The Morgan fingerprint density at radius 3 is 1.84 bits per heavy atom. The number of aromatic nitrogens is 4. The summed E-state index contributed by atoms with van der Waals surface area (Å²) in [7, 11) is 0. The van der Waals surface area contributed by atoms with Gasteiger partial charge in [-0.2, -0.15) is 0 Å². The van der Waals surface area contributed by atoms with E-state index in [9.17, 15) is 4.79 Å². The summed E-state index contributed by atoms with van der Waals surface area (Å²) < 4.78 is 4.02. The summed E-state index contributed by atoms with van der Waals surface area (Å²) in [6.07, 6.45) is 0. The molecule has 0 N–H and O–H groups in total. The third kappa shape index (κ3) is 4.74. The number of para-hydroxylation sites is 3. The second-order valence-electron chi connectivity index (χ2n) is 14.9. The number of nitrogens with zero attached hydrogens (tertiary/aromatic N) is 4. The molecule has 9 aromatic carbocycles. The summed E-state index contributed by atoms with van der Waals surface area (Å²) in [6, 6.07) is 67.0. The molecule has 0 aliphatic heterocycles. The van der Waals surface area contributed by atoms with Crippen molar-refractivity contribution >= 4 is 75.9 Å². The van der Waals surface area contributed by atoms with Crippen LogP contribution in [-0.2, 0) is 0 Å². The van der Waals surface area contributed by atoms with Crippen molar-refractivity contribution in [1.82, 2.24) is 19.1 Å². The van der Waals surface area contributed by atoms with E-state index in [2.05, 4.69) is 138 Å². The van der Waals surface area contributed by atoms with Crippen molar-refractivity contribution in [2.24, 2.45) is 0 Å². The zero-order valence-electron chi connectivity index (χ0n) is 31.2. The summed E-state index contributed by atoms with van der Waals surface area (Å²) in [5.74, 6) is 0.547. The maximum atomic E-state index is 14.8. The molecule has 0 spiro atoms. The largest absolute Gasteiger partial charge is 0.277 e. The van der Waals surface area contributed by atoms with Gasteiger partial charge < -0.3 is 0 Å². The fraction of sp³-hybridized carbons (Fsp3) is 0. The van der Waals surface area contributed by atoms with Crippen molar-refractivity contribution in [2.75, 3.05) is 0 Å². The molecule has 0 unspecified atom stereocenters. The molecule has 3 aromatic heterocycles. The molecule has 12 aromatic rings. The fourth-order valence-electron chi connectivity index (χ4n) is 9.15. The Balaban J connectivity index is 1.18. The van der Waals surface area contributed by atoms with Crippen LogP contribution in [0.15, 0.2) is 199 Å². The first kappa shape index (κ1) is 32.4. The molecule has 0 saturated heterocycles. The van der Waals surface area contributed by atoms with Gasteiger partial charge in [-0.3, -0.25) is 13.9 Å². The van der Waals surface area contributed by atoms with Crippen molar-refractivity contribution in [1.29, 1.82) is 0 Å². The number of pyridine rings is 1. The number of rotatable bonds is 4. The van der Waals surface area contributed by atoms with Gasteiger partial charge in [-0.1, -0.05) is 158 Å². The highest BCUT2D eigenvalue weighted by Gasteiger charge is 2.23. The van der Waals surface area contributed by atoms with Crippen LogP contribution < -0.4 is 5.56 Å². The van der Waals surface area contributed by atoms with Crippen LogP contribution in [0.25, 0.3) is 110 Å². The number of benzene rings is 9. The Morgan fingerprint density at radius 1 is 0.379 bits per heavy atom. The van der Waals surface area contributed by atoms with E-state index in [1.165, 1.54) is 16.3 Å². The molecule has 0 aliphatic rings. The van der Waals surface area contributed by atoms with Crippen LogP contribution in [0.2, 0.25) is 0 Å². The Morgan fingerprint density at radius 2 is 1.02 bits per heavy atom. The summed E-state index contributed by atoms with van der Waals surface area (Å²) in [4.78, 5) is 25.6. The normalized spacial score (nSPS) is 11.9. The summed E-state index contributed by atoms with van der Waals surface area (Å²) in [5.41, 5.74) is 8.50. The van der Waals surface area contributed by atoms with Crippen LogP contribution in [0.4, 0.5) is 0 Å². The van der Waals surface area contributed by atoms with Gasteiger partial charge in [0.25, 0.3) is 5.56 Å². The Bertz CT molecular complexity index is 3690. The molecule has 0 radical (unpaired) electrons. The standard InChI is InChI=1S/C53H32N4O/c58-52-44-31-30-43-48-40-19-7-5-14-34(40)29-32-47(48)57(51(43)49(44)42-21-9-11-24-46(42)56(52)37-16-2-1-3-17-37)53-54-45-23-10-8-20-41(45)50(55-53)36-27-25-35(26-28-36)39-22-12-15-33-13-4-6-18-38(33)39/h1-32H. The fourth-order valence-corrected chi connectivity index (χ4v) is 9.15. The van der Waals surface area contributed by atoms with E-state index >= 15 is 0 Å². The van der Waals surface area contributed by atoms with Crippen LogP contribution in [0, 0.1) is 0 Å². The quantitative estimate of drug-likeness (QED) is 0.169. The van der Waals surface area contributed by atoms with Gasteiger partial charge >= 0.3 is 0 Å². The molecule has 270 valence electrons. The van der Waals surface area contributed by atoms with Crippen LogP contribution in [-0.4, -0.2) is 19.1 Å². The topological polar surface area (TPSA) is 52.7 Å². The zero-order valence-corrected chi connectivity index (χ0v) is 31.2. The van der Waals surface area contributed by atoms with Crippen molar-refractivity contribution in [3.63, 3.8) is 0 Å². The van der Waals surface area contributed by atoms with Gasteiger partial charge in [-0.05, 0) is 69.1 Å². The van der Waals surface area contributed by atoms with E-state index < -0.39 is 0 Å². The molecule has 0 bridgehead atoms. The van der Waals surface area contributed by atoms with Crippen molar-refractivity contribution in [3.8, 4) is 34.0 Å². The van der Waals surface area contributed by atoms with Crippen LogP contribution in [0.3, 0.4) is 0 Å². The molecule has 3 heterocycles. The first-order valence-corrected chi connectivity index (χ1v) is 19.5. The molecule has 58 heavy (non-hydrogen) atoms. The maximum absolute atomic E-state index is 14.8. The molecule has 0 fully saturated rings. The lowest BCUT2D eigenvalue weighted by Gasteiger charge is -2.16. The van der Waals surface area contributed by atoms with Gasteiger partial charge in [0.1, 0.15) is 0 Å². The lowest BCUT2D eigenvalue weighted by atomic mass is 9.96. The Hall–Kier alpha value is -7.89. The van der Waals surface area contributed by atoms with Crippen LogP contribution in [0.1, 0.15) is 0 Å².